The van der Waals surface area contributed by atoms with Crippen LogP contribution in [-0.2, 0) is 4.79 Å². The van der Waals surface area contributed by atoms with E-state index in [0.29, 0.717) is 6.04 Å². The van der Waals surface area contributed by atoms with E-state index in [-0.39, 0.29) is 5.91 Å². The first-order valence-electron chi connectivity index (χ1n) is 5.30. The van der Waals surface area contributed by atoms with Gasteiger partial charge in [-0.25, -0.2) is 5.84 Å². The molecule has 0 bridgehead atoms. The van der Waals surface area contributed by atoms with Gasteiger partial charge in [-0.1, -0.05) is 0 Å². The zero-order chi connectivity index (χ0) is 11.5. The van der Waals surface area contributed by atoms with Crippen LogP contribution < -0.4 is 11.3 Å². The van der Waals surface area contributed by atoms with Crippen molar-refractivity contribution in [2.75, 3.05) is 24.6 Å². The molecule has 0 radical (unpaired) electrons. The fourth-order valence-electron chi connectivity index (χ4n) is 1.77. The van der Waals surface area contributed by atoms with Crippen LogP contribution in [0, 0.1) is 5.41 Å². The molecule has 1 aliphatic rings. The van der Waals surface area contributed by atoms with Gasteiger partial charge < -0.3 is 0 Å². The highest BCUT2D eigenvalue weighted by Gasteiger charge is 2.32. The normalized spacial score (nSPS) is 23.9. The molecule has 5 heteroatoms. The zero-order valence-corrected chi connectivity index (χ0v) is 10.6. The number of thioether (sulfide) groups is 1. The van der Waals surface area contributed by atoms with E-state index in [1.165, 1.54) is 0 Å². The Morgan fingerprint density at radius 2 is 2.33 bits per heavy atom. The van der Waals surface area contributed by atoms with Gasteiger partial charge in [-0.05, 0) is 20.8 Å². The molecule has 1 heterocycles. The Morgan fingerprint density at radius 3 is 2.87 bits per heavy atom. The maximum Gasteiger partial charge on any atom is 0.240 e. The third-order valence-electron chi connectivity index (χ3n) is 2.85. The van der Waals surface area contributed by atoms with Gasteiger partial charge >= 0.3 is 0 Å². The van der Waals surface area contributed by atoms with Crippen LogP contribution in [0.3, 0.4) is 0 Å². The van der Waals surface area contributed by atoms with Gasteiger partial charge in [0.05, 0.1) is 5.41 Å². The smallest absolute Gasteiger partial charge is 0.240 e. The van der Waals surface area contributed by atoms with E-state index in [1.807, 2.05) is 25.6 Å². The number of hydrazine groups is 1. The van der Waals surface area contributed by atoms with E-state index in [0.717, 1.165) is 24.6 Å². The fraction of sp³-hybridized carbons (Fsp3) is 0.900. The van der Waals surface area contributed by atoms with Crippen LogP contribution in [0.5, 0.6) is 0 Å². The third kappa shape index (κ3) is 3.36. The molecule has 1 fully saturated rings. The summed E-state index contributed by atoms with van der Waals surface area (Å²) < 4.78 is 0. The first-order chi connectivity index (χ1) is 6.97. The van der Waals surface area contributed by atoms with E-state index in [2.05, 4.69) is 17.2 Å². The summed E-state index contributed by atoms with van der Waals surface area (Å²) in [5, 5.41) is 0. The Morgan fingerprint density at radius 1 is 1.67 bits per heavy atom. The second-order valence-electron chi connectivity index (χ2n) is 4.75. The molecule has 1 unspecified atom stereocenters. The predicted molar refractivity (Wildman–Crippen MR) is 64.5 cm³/mol. The highest BCUT2D eigenvalue weighted by molar-refractivity contribution is 7.99. The molecule has 1 aliphatic heterocycles. The van der Waals surface area contributed by atoms with Crippen LogP contribution in [0.2, 0.25) is 0 Å². The molecule has 1 rings (SSSR count). The SMILES string of the molecule is CC1CSCCN1CC(C)(C)C(=O)NN. The molecule has 0 aromatic carbocycles. The molecule has 1 amide bonds. The number of hydrogen-bond donors (Lipinski definition) is 2. The van der Waals surface area contributed by atoms with Gasteiger partial charge in [-0.15, -0.1) is 0 Å². The highest BCUT2D eigenvalue weighted by Crippen LogP contribution is 2.22. The molecule has 0 spiro atoms. The molecule has 3 N–H and O–H groups in total. The average molecular weight is 231 g/mol. The number of nitrogens with one attached hydrogen (secondary N) is 1. The van der Waals surface area contributed by atoms with Gasteiger partial charge in [0.1, 0.15) is 0 Å². The Labute approximate surface area is 95.9 Å². The van der Waals surface area contributed by atoms with E-state index in [9.17, 15) is 4.79 Å². The summed E-state index contributed by atoms with van der Waals surface area (Å²) in [6.07, 6.45) is 0. The van der Waals surface area contributed by atoms with Crippen molar-refractivity contribution in [1.82, 2.24) is 10.3 Å². The first kappa shape index (κ1) is 12.8. The summed E-state index contributed by atoms with van der Waals surface area (Å²) in [4.78, 5) is 13.9. The largest absolute Gasteiger partial charge is 0.298 e. The fourth-order valence-corrected chi connectivity index (χ4v) is 2.85. The molecule has 0 saturated carbocycles. The number of amides is 1. The topological polar surface area (TPSA) is 58.4 Å². The maximum atomic E-state index is 11.5. The summed E-state index contributed by atoms with van der Waals surface area (Å²) in [7, 11) is 0. The molecule has 15 heavy (non-hydrogen) atoms. The molecular weight excluding hydrogens is 210 g/mol. The number of nitrogens with zero attached hydrogens (tertiary/aromatic N) is 1. The van der Waals surface area contributed by atoms with Gasteiger partial charge in [0, 0.05) is 30.6 Å². The van der Waals surface area contributed by atoms with E-state index in [1.54, 1.807) is 0 Å². The second-order valence-corrected chi connectivity index (χ2v) is 5.90. The Hall–Kier alpha value is -0.260. The van der Waals surface area contributed by atoms with E-state index in [4.69, 9.17) is 5.84 Å². The lowest BCUT2D eigenvalue weighted by Crippen LogP contribution is -2.51. The van der Waals surface area contributed by atoms with Crippen molar-refractivity contribution in [3.8, 4) is 0 Å². The molecule has 1 atom stereocenters. The molecular formula is C10H21N3OS. The summed E-state index contributed by atoms with van der Waals surface area (Å²) in [6, 6.07) is 0.550. The van der Waals surface area contributed by atoms with Gasteiger partial charge in [-0.3, -0.25) is 15.1 Å². The van der Waals surface area contributed by atoms with Crippen molar-refractivity contribution in [3.63, 3.8) is 0 Å². The zero-order valence-electron chi connectivity index (χ0n) is 9.75. The minimum Gasteiger partial charge on any atom is -0.298 e. The Bertz CT molecular complexity index is 233. The molecule has 88 valence electrons. The standard InChI is InChI=1S/C10H21N3OS/c1-8-6-15-5-4-13(8)7-10(2,3)9(14)12-11/h8H,4-7,11H2,1-3H3,(H,12,14). The number of nitrogens with two attached hydrogens (primary N) is 1. The van der Waals surface area contributed by atoms with Gasteiger partial charge in [0.2, 0.25) is 5.91 Å². The number of rotatable bonds is 3. The van der Waals surface area contributed by atoms with Crippen LogP contribution in [0.4, 0.5) is 0 Å². The number of carbonyl (C=O) groups is 1. The minimum atomic E-state index is -0.412. The average Bonchev–Trinajstić information content (AvgIpc) is 2.20. The lowest BCUT2D eigenvalue weighted by atomic mass is 9.91. The lowest BCUT2D eigenvalue weighted by molar-refractivity contribution is -0.130. The van der Waals surface area contributed by atoms with Crippen LogP contribution in [0.1, 0.15) is 20.8 Å². The van der Waals surface area contributed by atoms with Gasteiger partial charge in [0.25, 0.3) is 0 Å². The van der Waals surface area contributed by atoms with Crippen molar-refractivity contribution >= 4 is 17.7 Å². The van der Waals surface area contributed by atoms with Crippen molar-refractivity contribution in [2.45, 2.75) is 26.8 Å². The molecule has 1 saturated heterocycles. The van der Waals surface area contributed by atoms with Crippen molar-refractivity contribution < 1.29 is 4.79 Å². The quantitative estimate of drug-likeness (QED) is 0.420. The minimum absolute atomic E-state index is 0.0899. The second kappa shape index (κ2) is 5.18. The molecule has 0 aromatic heterocycles. The Balaban J connectivity index is 2.55. The third-order valence-corrected chi connectivity index (χ3v) is 4.04. The van der Waals surface area contributed by atoms with Crippen LogP contribution in [0.25, 0.3) is 0 Å². The van der Waals surface area contributed by atoms with Crippen LogP contribution in [0.15, 0.2) is 0 Å². The monoisotopic (exact) mass is 231 g/mol. The summed E-state index contributed by atoms with van der Waals surface area (Å²) in [6.45, 7) is 7.92. The van der Waals surface area contributed by atoms with Crippen LogP contribution in [-0.4, -0.2) is 41.4 Å². The highest BCUT2D eigenvalue weighted by atomic mass is 32.2. The summed E-state index contributed by atoms with van der Waals surface area (Å²) in [5.74, 6) is 7.40. The first-order valence-corrected chi connectivity index (χ1v) is 6.45. The summed E-state index contributed by atoms with van der Waals surface area (Å²) in [5.41, 5.74) is 1.83. The van der Waals surface area contributed by atoms with Gasteiger partial charge in [0.15, 0.2) is 0 Å². The summed E-state index contributed by atoms with van der Waals surface area (Å²) >= 11 is 1.98. The molecule has 0 aromatic rings. The molecule has 4 nitrogen and oxygen atoms in total. The van der Waals surface area contributed by atoms with Crippen molar-refractivity contribution in [1.29, 1.82) is 0 Å². The van der Waals surface area contributed by atoms with Crippen molar-refractivity contribution in [2.24, 2.45) is 11.3 Å². The number of carbonyl (C=O) groups excluding carboxylic acids is 1. The Kier molecular flexibility index (Phi) is 4.43. The van der Waals surface area contributed by atoms with E-state index < -0.39 is 5.41 Å². The van der Waals surface area contributed by atoms with Crippen molar-refractivity contribution in [3.05, 3.63) is 0 Å². The molecule has 0 aliphatic carbocycles. The van der Waals surface area contributed by atoms with E-state index >= 15 is 0 Å². The lowest BCUT2D eigenvalue weighted by Gasteiger charge is -2.37. The maximum absolute atomic E-state index is 11.5. The van der Waals surface area contributed by atoms with Crippen LogP contribution >= 0.6 is 11.8 Å². The predicted octanol–water partition coefficient (Wildman–Crippen LogP) is 0.440. The number of hydrogen-bond acceptors (Lipinski definition) is 4. The van der Waals surface area contributed by atoms with Gasteiger partial charge in [-0.2, -0.15) is 11.8 Å².